The molecule has 1 N–H and O–H groups in total. The third-order valence-corrected chi connectivity index (χ3v) is 7.72. The number of carbonyl (C=O) groups excluding carboxylic acids is 1. The summed E-state index contributed by atoms with van der Waals surface area (Å²) >= 11 is 6.03. The van der Waals surface area contributed by atoms with Crippen LogP contribution in [-0.4, -0.2) is 31.1 Å². The van der Waals surface area contributed by atoms with Crippen LogP contribution < -0.4 is 9.47 Å². The van der Waals surface area contributed by atoms with Crippen LogP contribution in [0, 0.1) is 0 Å². The summed E-state index contributed by atoms with van der Waals surface area (Å²) < 4.78 is 37.8. The predicted molar refractivity (Wildman–Crippen MR) is 121 cm³/mol. The molecule has 0 fully saturated rings. The lowest BCUT2D eigenvalue weighted by atomic mass is 10.1. The highest BCUT2D eigenvalue weighted by Crippen LogP contribution is 2.44. The molecule has 7 nitrogen and oxygen atoms in total. The molecule has 9 heteroatoms. The van der Waals surface area contributed by atoms with Gasteiger partial charge in [0.2, 0.25) is 16.6 Å². The number of aliphatic hydroxyl groups is 1. The molecule has 0 aromatic heterocycles. The van der Waals surface area contributed by atoms with E-state index in [0.29, 0.717) is 27.6 Å². The summed E-state index contributed by atoms with van der Waals surface area (Å²) in [5, 5.41) is 11.2. The Bertz CT molecular complexity index is 1370. The van der Waals surface area contributed by atoms with Gasteiger partial charge in [0.1, 0.15) is 4.91 Å². The molecule has 0 spiro atoms. The van der Waals surface area contributed by atoms with Crippen molar-refractivity contribution in [1.82, 2.24) is 4.90 Å². The molecular formula is C24H18ClNO6S. The fraction of sp³-hybridized carbons (Fsp3) is 0.125. The van der Waals surface area contributed by atoms with Gasteiger partial charge in [-0.25, -0.2) is 8.42 Å². The van der Waals surface area contributed by atoms with Crippen LogP contribution >= 0.6 is 11.6 Å². The van der Waals surface area contributed by atoms with Gasteiger partial charge in [-0.15, -0.1) is 0 Å². The van der Waals surface area contributed by atoms with Crippen molar-refractivity contribution in [2.24, 2.45) is 0 Å². The lowest BCUT2D eigenvalue weighted by Crippen LogP contribution is -2.30. The Hall–Kier alpha value is -3.49. The van der Waals surface area contributed by atoms with Crippen molar-refractivity contribution in [2.75, 3.05) is 6.79 Å². The zero-order chi connectivity index (χ0) is 23.2. The largest absolute Gasteiger partial charge is 0.502 e. The molecule has 3 aromatic rings. The second-order valence-electron chi connectivity index (χ2n) is 7.60. The maximum Gasteiger partial charge on any atom is 0.290 e. The predicted octanol–water partition coefficient (Wildman–Crippen LogP) is 4.40. The number of rotatable bonds is 5. The molecule has 2 heterocycles. The summed E-state index contributed by atoms with van der Waals surface area (Å²) in [6.07, 6.45) is 0. The number of hydrogen-bond donors (Lipinski definition) is 1. The number of aliphatic hydroxyl groups excluding tert-OH is 1. The molecule has 2 aliphatic heterocycles. The number of halogens is 1. The van der Waals surface area contributed by atoms with Crippen molar-refractivity contribution in [3.05, 3.63) is 99.6 Å². The summed E-state index contributed by atoms with van der Waals surface area (Å²) in [6, 6.07) is 18.4. The minimum absolute atomic E-state index is 0.0109. The van der Waals surface area contributed by atoms with E-state index in [-0.39, 0.29) is 23.1 Å². The third-order valence-electron chi connectivity index (χ3n) is 5.58. The van der Waals surface area contributed by atoms with Crippen LogP contribution in [0.2, 0.25) is 5.02 Å². The Morgan fingerprint density at radius 2 is 1.67 bits per heavy atom. The third kappa shape index (κ3) is 3.71. The number of nitrogens with zero attached hydrogens (tertiary/aromatic N) is 1. The molecule has 0 unspecified atom stereocenters. The van der Waals surface area contributed by atoms with Gasteiger partial charge >= 0.3 is 0 Å². The van der Waals surface area contributed by atoms with Gasteiger partial charge in [-0.2, -0.15) is 0 Å². The lowest BCUT2D eigenvalue weighted by Gasteiger charge is -2.27. The fourth-order valence-corrected chi connectivity index (χ4v) is 5.80. The summed E-state index contributed by atoms with van der Waals surface area (Å²) in [6.45, 7) is 0.150. The van der Waals surface area contributed by atoms with E-state index in [1.165, 1.54) is 17.0 Å². The van der Waals surface area contributed by atoms with Crippen LogP contribution in [-0.2, 0) is 21.2 Å². The first-order valence-electron chi connectivity index (χ1n) is 10.0. The summed E-state index contributed by atoms with van der Waals surface area (Å²) in [5.74, 6) is -0.438. The van der Waals surface area contributed by atoms with E-state index in [4.69, 9.17) is 21.1 Å². The van der Waals surface area contributed by atoms with Crippen molar-refractivity contribution < 1.29 is 27.8 Å². The molecule has 1 atom stereocenters. The van der Waals surface area contributed by atoms with Gasteiger partial charge in [0.05, 0.1) is 10.9 Å². The van der Waals surface area contributed by atoms with E-state index in [1.54, 1.807) is 60.7 Å². The van der Waals surface area contributed by atoms with E-state index in [2.05, 4.69) is 0 Å². The Balaban J connectivity index is 1.61. The van der Waals surface area contributed by atoms with Crippen LogP contribution in [0.15, 0.2) is 88.4 Å². The maximum atomic E-state index is 13.5. The van der Waals surface area contributed by atoms with Gasteiger partial charge < -0.3 is 19.5 Å². The number of amides is 1. The Morgan fingerprint density at radius 3 is 2.39 bits per heavy atom. The number of ether oxygens (including phenoxy) is 2. The second-order valence-corrected chi connectivity index (χ2v) is 9.96. The molecule has 1 amide bonds. The quantitative estimate of drug-likeness (QED) is 0.578. The first-order chi connectivity index (χ1) is 15.9. The van der Waals surface area contributed by atoms with E-state index in [9.17, 15) is 18.3 Å². The van der Waals surface area contributed by atoms with Crippen LogP contribution in [0.4, 0.5) is 0 Å². The minimum atomic E-state index is -4.17. The molecule has 0 saturated carbocycles. The molecule has 33 heavy (non-hydrogen) atoms. The van der Waals surface area contributed by atoms with Crippen LogP contribution in [0.5, 0.6) is 11.5 Å². The van der Waals surface area contributed by atoms with Crippen LogP contribution in [0.3, 0.4) is 0 Å². The topological polar surface area (TPSA) is 93.1 Å². The van der Waals surface area contributed by atoms with Crippen molar-refractivity contribution in [1.29, 1.82) is 0 Å². The lowest BCUT2D eigenvalue weighted by molar-refractivity contribution is -0.130. The average Bonchev–Trinajstić information content (AvgIpc) is 3.38. The van der Waals surface area contributed by atoms with Gasteiger partial charge in [0.25, 0.3) is 5.91 Å². The van der Waals surface area contributed by atoms with Crippen molar-refractivity contribution in [2.45, 2.75) is 17.5 Å². The van der Waals surface area contributed by atoms with Gasteiger partial charge in [0.15, 0.2) is 17.3 Å². The van der Waals surface area contributed by atoms with E-state index in [0.717, 1.165) is 0 Å². The monoisotopic (exact) mass is 483 g/mol. The highest BCUT2D eigenvalue weighted by Gasteiger charge is 2.46. The maximum absolute atomic E-state index is 13.5. The van der Waals surface area contributed by atoms with Crippen molar-refractivity contribution >= 4 is 27.3 Å². The standard InChI is InChI=1S/C24H18ClNO6S/c25-17-9-7-16(8-10-17)21-23(33(29,30)18-4-2-1-3-5-18)22(27)24(28)26(21)13-15-6-11-19-20(12-15)32-14-31-19/h1-12,21,27H,13-14H2/t21-/m0/s1. The zero-order valence-electron chi connectivity index (χ0n) is 17.1. The normalized spacial score (nSPS) is 17.7. The molecule has 0 radical (unpaired) electrons. The number of carbonyl (C=O) groups is 1. The van der Waals surface area contributed by atoms with Gasteiger partial charge in [-0.1, -0.05) is 48.0 Å². The van der Waals surface area contributed by atoms with Crippen LogP contribution in [0.1, 0.15) is 17.2 Å². The molecule has 168 valence electrons. The SMILES string of the molecule is O=C1C(O)=C(S(=O)(=O)c2ccccc2)[C@H](c2ccc(Cl)cc2)N1Cc1ccc2c(c1)OCO2. The van der Waals surface area contributed by atoms with Crippen molar-refractivity contribution in [3.63, 3.8) is 0 Å². The number of fused-ring (bicyclic) bond motifs is 1. The first kappa shape index (κ1) is 21.4. The fourth-order valence-electron chi connectivity index (χ4n) is 4.01. The molecule has 0 bridgehead atoms. The second kappa shape index (κ2) is 8.13. The van der Waals surface area contributed by atoms with Gasteiger partial charge in [0, 0.05) is 11.6 Å². The Kier molecular flexibility index (Phi) is 5.26. The number of benzene rings is 3. The molecule has 3 aromatic carbocycles. The smallest absolute Gasteiger partial charge is 0.290 e. The summed E-state index contributed by atoms with van der Waals surface area (Å²) in [5.41, 5.74) is 1.20. The van der Waals surface area contributed by atoms with Crippen LogP contribution in [0.25, 0.3) is 0 Å². The molecule has 2 aliphatic rings. The molecular weight excluding hydrogens is 466 g/mol. The van der Waals surface area contributed by atoms with Crippen molar-refractivity contribution in [3.8, 4) is 11.5 Å². The highest BCUT2D eigenvalue weighted by atomic mass is 35.5. The number of hydrogen-bond acceptors (Lipinski definition) is 6. The Morgan fingerprint density at radius 1 is 0.970 bits per heavy atom. The van der Waals surface area contributed by atoms with Gasteiger partial charge in [-0.3, -0.25) is 4.79 Å². The minimum Gasteiger partial charge on any atom is -0.502 e. The zero-order valence-corrected chi connectivity index (χ0v) is 18.7. The number of sulfone groups is 1. The average molecular weight is 484 g/mol. The van der Waals surface area contributed by atoms with E-state index >= 15 is 0 Å². The summed E-state index contributed by atoms with van der Waals surface area (Å²) in [7, 11) is -4.17. The molecule has 0 saturated heterocycles. The van der Waals surface area contributed by atoms with E-state index < -0.39 is 27.5 Å². The highest BCUT2D eigenvalue weighted by molar-refractivity contribution is 7.95. The first-order valence-corrected chi connectivity index (χ1v) is 11.9. The van der Waals surface area contributed by atoms with E-state index in [1.807, 2.05) is 0 Å². The summed E-state index contributed by atoms with van der Waals surface area (Å²) in [4.78, 5) is 14.1. The Labute approximate surface area is 195 Å². The van der Waals surface area contributed by atoms with Gasteiger partial charge in [-0.05, 0) is 47.5 Å². The molecule has 0 aliphatic carbocycles. The molecule has 5 rings (SSSR count).